The fourth-order valence-electron chi connectivity index (χ4n) is 3.20. The minimum Gasteiger partial charge on any atom is -0.122 e. The van der Waals surface area contributed by atoms with Gasteiger partial charge >= 0.3 is 8.25 Å². The van der Waals surface area contributed by atoms with E-state index in [-0.39, 0.29) is 0 Å². The van der Waals surface area contributed by atoms with Crippen LogP contribution in [0.5, 0.6) is 0 Å². The van der Waals surface area contributed by atoms with Gasteiger partial charge < -0.3 is 0 Å². The Balaban J connectivity index is 2.99. The highest BCUT2D eigenvalue weighted by Crippen LogP contribution is 2.22. The van der Waals surface area contributed by atoms with Gasteiger partial charge in [0.1, 0.15) is 6.61 Å². The van der Waals surface area contributed by atoms with Gasteiger partial charge in [0.25, 0.3) is 0 Å². The topological polar surface area (TPSA) is 35.5 Å². The minimum absolute atomic E-state index is 0.557. The largest absolute Gasteiger partial charge is 0.697 e. The van der Waals surface area contributed by atoms with Crippen LogP contribution in [0.4, 0.5) is 0 Å². The van der Waals surface area contributed by atoms with E-state index in [1.165, 1.54) is 116 Å². The highest BCUT2D eigenvalue weighted by molar-refractivity contribution is 7.33. The lowest BCUT2D eigenvalue weighted by Gasteiger charge is -2.03. The third-order valence-corrected chi connectivity index (χ3v) is 5.54. The number of hydrogen-bond donors (Lipinski definition) is 0. The molecule has 3 nitrogen and oxygen atoms in total. The van der Waals surface area contributed by atoms with Gasteiger partial charge in [-0.1, -0.05) is 116 Å². The monoisotopic (exact) mass is 375 g/mol. The van der Waals surface area contributed by atoms with Gasteiger partial charge in [-0.15, -0.1) is 9.05 Å². The van der Waals surface area contributed by atoms with Crippen molar-refractivity contribution < 1.29 is 13.6 Å². The van der Waals surface area contributed by atoms with E-state index in [0.29, 0.717) is 6.61 Å². The second-order valence-electron chi connectivity index (χ2n) is 7.25. The Hall–Kier alpha value is 0.0200. The van der Waals surface area contributed by atoms with Gasteiger partial charge in [-0.25, -0.2) is 0 Å². The Morgan fingerprint density at radius 3 is 1.20 bits per heavy atom. The van der Waals surface area contributed by atoms with Crippen LogP contribution in [0, 0.1) is 0 Å². The molecule has 0 radical (unpaired) electrons. The summed E-state index contributed by atoms with van der Waals surface area (Å²) in [6.07, 6.45) is 24.7. The van der Waals surface area contributed by atoms with Crippen molar-refractivity contribution in [2.24, 2.45) is 0 Å². The van der Waals surface area contributed by atoms with E-state index in [1.54, 1.807) is 0 Å². The fraction of sp³-hybridized carbons (Fsp3) is 1.00. The van der Waals surface area contributed by atoms with E-state index in [1.807, 2.05) is 0 Å². The standard InChI is InChI=1S/C21H44O3P/c1-3-4-5-6-7-8-9-10-11-12-13-14-15-16-17-18-19-20-21-24-25(22)23-2/h3-21H2,1-2H3/q+1. The van der Waals surface area contributed by atoms with Crippen LogP contribution in [0.25, 0.3) is 0 Å². The van der Waals surface area contributed by atoms with Gasteiger partial charge in [-0.05, 0) is 6.42 Å². The molecule has 0 aromatic rings. The Bertz CT molecular complexity index is 272. The van der Waals surface area contributed by atoms with Gasteiger partial charge in [-0.3, -0.25) is 0 Å². The fourth-order valence-corrected chi connectivity index (χ4v) is 3.58. The molecule has 0 spiro atoms. The first-order chi connectivity index (χ1) is 12.3. The molecule has 0 aliphatic heterocycles. The van der Waals surface area contributed by atoms with E-state index < -0.39 is 8.25 Å². The molecule has 0 fully saturated rings. The van der Waals surface area contributed by atoms with Crippen LogP contribution >= 0.6 is 8.25 Å². The molecule has 1 atom stereocenters. The Labute approximate surface area is 158 Å². The van der Waals surface area contributed by atoms with Crippen molar-refractivity contribution >= 4 is 8.25 Å². The average Bonchev–Trinajstić information content (AvgIpc) is 2.63. The van der Waals surface area contributed by atoms with Crippen molar-refractivity contribution in [3.05, 3.63) is 0 Å². The molecule has 0 aliphatic carbocycles. The summed E-state index contributed by atoms with van der Waals surface area (Å²) in [5.41, 5.74) is 0. The lowest BCUT2D eigenvalue weighted by Crippen LogP contribution is -1.88. The molecule has 0 amide bonds. The third kappa shape index (κ3) is 22.0. The maximum Gasteiger partial charge on any atom is 0.697 e. The van der Waals surface area contributed by atoms with E-state index in [0.717, 1.165) is 6.42 Å². The van der Waals surface area contributed by atoms with E-state index in [4.69, 9.17) is 4.52 Å². The zero-order chi connectivity index (χ0) is 18.4. The molecular formula is C21H44O3P+. The molecule has 150 valence electrons. The smallest absolute Gasteiger partial charge is 0.122 e. The average molecular weight is 376 g/mol. The van der Waals surface area contributed by atoms with Crippen molar-refractivity contribution in [2.75, 3.05) is 13.7 Å². The molecule has 0 bridgehead atoms. The van der Waals surface area contributed by atoms with Crippen LogP contribution in [-0.4, -0.2) is 13.7 Å². The normalized spacial score (nSPS) is 11.8. The van der Waals surface area contributed by atoms with Crippen LogP contribution in [0.3, 0.4) is 0 Å². The lowest BCUT2D eigenvalue weighted by atomic mass is 10.0. The first-order valence-electron chi connectivity index (χ1n) is 11.0. The van der Waals surface area contributed by atoms with Crippen LogP contribution < -0.4 is 0 Å². The van der Waals surface area contributed by atoms with Crippen LogP contribution in [-0.2, 0) is 13.6 Å². The molecular weight excluding hydrogens is 331 g/mol. The van der Waals surface area contributed by atoms with Crippen molar-refractivity contribution in [3.8, 4) is 0 Å². The molecule has 0 saturated heterocycles. The molecule has 0 N–H and O–H groups in total. The third-order valence-electron chi connectivity index (χ3n) is 4.84. The second-order valence-corrected chi connectivity index (χ2v) is 8.32. The maximum atomic E-state index is 10.9. The first kappa shape index (κ1) is 25.0. The lowest BCUT2D eigenvalue weighted by molar-refractivity contribution is 0.250. The predicted molar refractivity (Wildman–Crippen MR) is 109 cm³/mol. The van der Waals surface area contributed by atoms with Gasteiger partial charge in [0.05, 0.1) is 7.11 Å². The van der Waals surface area contributed by atoms with Gasteiger partial charge in [-0.2, -0.15) is 0 Å². The van der Waals surface area contributed by atoms with Crippen LogP contribution in [0.1, 0.15) is 122 Å². The molecule has 25 heavy (non-hydrogen) atoms. The van der Waals surface area contributed by atoms with Crippen molar-refractivity contribution in [2.45, 2.75) is 122 Å². The summed E-state index contributed by atoms with van der Waals surface area (Å²) in [5.74, 6) is 0. The van der Waals surface area contributed by atoms with Crippen molar-refractivity contribution in [1.82, 2.24) is 0 Å². The number of rotatable bonds is 21. The SMILES string of the molecule is CCCCCCCCCCCCCCCCCCCCO[P+](=O)OC. The van der Waals surface area contributed by atoms with E-state index >= 15 is 0 Å². The number of unbranched alkanes of at least 4 members (excludes halogenated alkanes) is 17. The molecule has 0 rings (SSSR count). The predicted octanol–water partition coefficient (Wildman–Crippen LogP) is 8.35. The van der Waals surface area contributed by atoms with Crippen LogP contribution in [0.15, 0.2) is 0 Å². The molecule has 0 aromatic heterocycles. The molecule has 0 heterocycles. The summed E-state index contributed by atoms with van der Waals surface area (Å²) in [7, 11) is -0.463. The summed E-state index contributed by atoms with van der Waals surface area (Å²) < 4.78 is 20.5. The molecule has 4 heteroatoms. The summed E-state index contributed by atoms with van der Waals surface area (Å²) in [5, 5.41) is 0. The molecule has 0 aromatic carbocycles. The van der Waals surface area contributed by atoms with Crippen molar-refractivity contribution in [1.29, 1.82) is 0 Å². The Morgan fingerprint density at radius 2 is 0.880 bits per heavy atom. The summed E-state index contributed by atoms with van der Waals surface area (Å²) >= 11 is 0. The zero-order valence-corrected chi connectivity index (χ0v) is 18.0. The zero-order valence-electron chi connectivity index (χ0n) is 17.1. The van der Waals surface area contributed by atoms with E-state index in [2.05, 4.69) is 11.4 Å². The summed E-state index contributed by atoms with van der Waals surface area (Å²) in [4.78, 5) is 0. The number of hydrogen-bond acceptors (Lipinski definition) is 3. The van der Waals surface area contributed by atoms with Crippen molar-refractivity contribution in [3.63, 3.8) is 0 Å². The molecule has 0 aliphatic rings. The van der Waals surface area contributed by atoms with E-state index in [9.17, 15) is 4.57 Å². The van der Waals surface area contributed by atoms with Gasteiger partial charge in [0.2, 0.25) is 0 Å². The second kappa shape index (κ2) is 22.1. The highest BCUT2D eigenvalue weighted by atomic mass is 31.1. The minimum atomic E-state index is -1.87. The first-order valence-corrected chi connectivity index (χ1v) is 12.0. The maximum absolute atomic E-state index is 10.9. The Kier molecular flexibility index (Phi) is 22.1. The summed E-state index contributed by atoms with van der Waals surface area (Å²) in [6, 6.07) is 0. The molecule has 1 unspecified atom stereocenters. The Morgan fingerprint density at radius 1 is 0.560 bits per heavy atom. The quantitative estimate of drug-likeness (QED) is 0.149. The highest BCUT2D eigenvalue weighted by Gasteiger charge is 2.15. The van der Waals surface area contributed by atoms with Crippen LogP contribution in [0.2, 0.25) is 0 Å². The summed E-state index contributed by atoms with van der Waals surface area (Å²) in [6.45, 7) is 2.84. The van der Waals surface area contributed by atoms with Gasteiger partial charge in [0.15, 0.2) is 0 Å². The van der Waals surface area contributed by atoms with Gasteiger partial charge in [0, 0.05) is 4.57 Å². The molecule has 0 saturated carbocycles.